The number of hydrogen-bond donors (Lipinski definition) is 1. The smallest absolute Gasteiger partial charge is 0.0834 e. The highest BCUT2D eigenvalue weighted by Gasteiger charge is 2.19. The monoisotopic (exact) mass is 288 g/mol. The summed E-state index contributed by atoms with van der Waals surface area (Å²) >= 11 is 6.29. The summed E-state index contributed by atoms with van der Waals surface area (Å²) in [5.41, 5.74) is 1.06. The van der Waals surface area contributed by atoms with E-state index in [-0.39, 0.29) is 6.04 Å². The molecular weight excluding hydrogens is 264 g/mol. The Morgan fingerprint density at radius 2 is 2.26 bits per heavy atom. The van der Waals surface area contributed by atoms with Crippen LogP contribution in [-0.4, -0.2) is 55.6 Å². The fourth-order valence-electron chi connectivity index (χ4n) is 2.04. The Morgan fingerprint density at radius 1 is 1.53 bits per heavy atom. The lowest BCUT2D eigenvalue weighted by Crippen LogP contribution is -2.28. The van der Waals surface area contributed by atoms with Crippen molar-refractivity contribution in [3.05, 3.63) is 16.9 Å². The molecule has 0 amide bonds. The summed E-state index contributed by atoms with van der Waals surface area (Å²) in [4.78, 5) is 2.17. The average molecular weight is 289 g/mol. The van der Waals surface area contributed by atoms with Crippen molar-refractivity contribution < 1.29 is 4.74 Å². The predicted octanol–water partition coefficient (Wildman–Crippen LogP) is 1.79. The minimum Gasteiger partial charge on any atom is -0.383 e. The minimum atomic E-state index is 0.222. The first-order valence-corrected chi connectivity index (χ1v) is 7.06. The molecule has 0 aliphatic carbocycles. The molecule has 1 atom stereocenters. The SMILES string of the molecule is CCNC(CCN(C)C)c1c(Cl)cnn1CCOC. The number of rotatable bonds is 9. The Hall–Kier alpha value is -0.620. The van der Waals surface area contributed by atoms with E-state index in [1.165, 1.54) is 0 Å². The number of nitrogens with one attached hydrogen (secondary N) is 1. The fraction of sp³-hybridized carbons (Fsp3) is 0.769. The van der Waals surface area contributed by atoms with E-state index in [9.17, 15) is 0 Å². The molecule has 0 aromatic carbocycles. The lowest BCUT2D eigenvalue weighted by molar-refractivity contribution is 0.181. The van der Waals surface area contributed by atoms with Gasteiger partial charge in [-0.1, -0.05) is 18.5 Å². The molecule has 1 aromatic heterocycles. The van der Waals surface area contributed by atoms with E-state index in [4.69, 9.17) is 16.3 Å². The van der Waals surface area contributed by atoms with Crippen LogP contribution in [0.3, 0.4) is 0 Å². The minimum absolute atomic E-state index is 0.222. The second-order valence-corrected chi connectivity index (χ2v) is 5.20. The summed E-state index contributed by atoms with van der Waals surface area (Å²) in [5.74, 6) is 0. The predicted molar refractivity (Wildman–Crippen MR) is 78.7 cm³/mol. The first-order chi connectivity index (χ1) is 9.10. The summed E-state index contributed by atoms with van der Waals surface area (Å²) < 4.78 is 7.05. The van der Waals surface area contributed by atoms with Crippen molar-refractivity contribution in [1.29, 1.82) is 0 Å². The molecule has 6 heteroatoms. The lowest BCUT2D eigenvalue weighted by atomic mass is 10.1. The van der Waals surface area contributed by atoms with E-state index in [1.54, 1.807) is 13.3 Å². The zero-order valence-electron chi connectivity index (χ0n) is 12.3. The molecule has 0 saturated heterocycles. The van der Waals surface area contributed by atoms with Crippen molar-refractivity contribution in [2.75, 3.05) is 40.9 Å². The second kappa shape index (κ2) is 8.53. The van der Waals surface area contributed by atoms with Crippen LogP contribution in [0.5, 0.6) is 0 Å². The molecule has 0 saturated carbocycles. The number of nitrogens with zero attached hydrogens (tertiary/aromatic N) is 3. The van der Waals surface area contributed by atoms with Gasteiger partial charge in [-0.3, -0.25) is 4.68 Å². The van der Waals surface area contributed by atoms with E-state index < -0.39 is 0 Å². The first kappa shape index (κ1) is 16.4. The lowest BCUT2D eigenvalue weighted by Gasteiger charge is -2.22. The summed E-state index contributed by atoms with van der Waals surface area (Å²) in [6.07, 6.45) is 2.71. The molecule has 0 radical (unpaired) electrons. The summed E-state index contributed by atoms with van der Waals surface area (Å²) in [6, 6.07) is 0.222. The molecule has 110 valence electrons. The Labute approximate surface area is 120 Å². The quantitative estimate of drug-likeness (QED) is 0.752. The average Bonchev–Trinajstić information content (AvgIpc) is 2.73. The molecule has 1 N–H and O–H groups in total. The summed E-state index contributed by atoms with van der Waals surface area (Å²) in [7, 11) is 5.85. The maximum absolute atomic E-state index is 6.29. The van der Waals surface area contributed by atoms with Crippen molar-refractivity contribution in [2.45, 2.75) is 25.9 Å². The molecule has 0 bridgehead atoms. The molecule has 1 aromatic rings. The van der Waals surface area contributed by atoms with Gasteiger partial charge in [-0.05, 0) is 33.6 Å². The standard InChI is InChI=1S/C13H25ClN4O/c1-5-15-12(6-7-17(2)3)13-11(14)10-16-18(13)8-9-19-4/h10,12,15H,5-9H2,1-4H3. The van der Waals surface area contributed by atoms with Crippen molar-refractivity contribution in [1.82, 2.24) is 20.0 Å². The molecule has 1 rings (SSSR count). The molecule has 1 unspecified atom stereocenters. The van der Waals surface area contributed by atoms with Gasteiger partial charge in [0, 0.05) is 7.11 Å². The van der Waals surface area contributed by atoms with Crippen molar-refractivity contribution in [3.8, 4) is 0 Å². The van der Waals surface area contributed by atoms with Gasteiger partial charge in [0.25, 0.3) is 0 Å². The van der Waals surface area contributed by atoms with Crippen LogP contribution in [0.25, 0.3) is 0 Å². The van der Waals surface area contributed by atoms with Crippen LogP contribution < -0.4 is 5.32 Å². The maximum atomic E-state index is 6.29. The van der Waals surface area contributed by atoms with Gasteiger partial charge in [-0.25, -0.2) is 0 Å². The van der Waals surface area contributed by atoms with E-state index in [1.807, 2.05) is 4.68 Å². The van der Waals surface area contributed by atoms with Crippen molar-refractivity contribution >= 4 is 11.6 Å². The van der Waals surface area contributed by atoms with Gasteiger partial charge >= 0.3 is 0 Å². The van der Waals surface area contributed by atoms with Gasteiger partial charge in [-0.15, -0.1) is 0 Å². The van der Waals surface area contributed by atoms with Crippen molar-refractivity contribution in [2.24, 2.45) is 0 Å². The van der Waals surface area contributed by atoms with Crippen LogP contribution in [0.15, 0.2) is 6.20 Å². The molecule has 0 aliphatic rings. The normalized spacial score (nSPS) is 13.2. The Balaban J connectivity index is 2.83. The third-order valence-corrected chi connectivity index (χ3v) is 3.28. The molecular formula is C13H25ClN4O. The van der Waals surface area contributed by atoms with Gasteiger partial charge in [0.15, 0.2) is 0 Å². The Kier molecular flexibility index (Phi) is 7.38. The number of aromatic nitrogens is 2. The largest absolute Gasteiger partial charge is 0.383 e. The van der Waals surface area contributed by atoms with Gasteiger partial charge < -0.3 is 15.0 Å². The summed E-state index contributed by atoms with van der Waals surface area (Å²) in [6.45, 7) is 5.37. The third kappa shape index (κ3) is 5.10. The van der Waals surface area contributed by atoms with Crippen LogP contribution in [0.4, 0.5) is 0 Å². The molecule has 1 heterocycles. The second-order valence-electron chi connectivity index (χ2n) is 4.80. The maximum Gasteiger partial charge on any atom is 0.0834 e. The zero-order chi connectivity index (χ0) is 14.3. The van der Waals surface area contributed by atoms with E-state index in [2.05, 4.69) is 36.3 Å². The van der Waals surface area contributed by atoms with Gasteiger partial charge in [0.2, 0.25) is 0 Å². The molecule has 0 spiro atoms. The third-order valence-electron chi connectivity index (χ3n) is 2.99. The van der Waals surface area contributed by atoms with Gasteiger partial charge in [0.1, 0.15) is 0 Å². The van der Waals surface area contributed by atoms with Crippen LogP contribution in [0.1, 0.15) is 25.1 Å². The number of hydrogen-bond acceptors (Lipinski definition) is 4. The number of halogens is 1. The fourth-order valence-corrected chi connectivity index (χ4v) is 2.32. The molecule has 5 nitrogen and oxygen atoms in total. The van der Waals surface area contributed by atoms with Crippen LogP contribution in [-0.2, 0) is 11.3 Å². The van der Waals surface area contributed by atoms with Crippen LogP contribution in [0, 0.1) is 0 Å². The van der Waals surface area contributed by atoms with E-state index in [0.29, 0.717) is 6.61 Å². The highest BCUT2D eigenvalue weighted by molar-refractivity contribution is 6.31. The van der Waals surface area contributed by atoms with Crippen LogP contribution in [0.2, 0.25) is 5.02 Å². The topological polar surface area (TPSA) is 42.3 Å². The van der Waals surface area contributed by atoms with Crippen molar-refractivity contribution in [3.63, 3.8) is 0 Å². The number of ether oxygens (including phenoxy) is 1. The van der Waals surface area contributed by atoms with Crippen LogP contribution >= 0.6 is 11.6 Å². The molecule has 0 aliphatic heterocycles. The number of methoxy groups -OCH3 is 1. The highest BCUT2D eigenvalue weighted by Crippen LogP contribution is 2.25. The van der Waals surface area contributed by atoms with E-state index in [0.717, 1.165) is 36.8 Å². The summed E-state index contributed by atoms with van der Waals surface area (Å²) in [5, 5.41) is 8.54. The van der Waals surface area contributed by atoms with Gasteiger partial charge in [0.05, 0.1) is 36.1 Å². The molecule has 19 heavy (non-hydrogen) atoms. The highest BCUT2D eigenvalue weighted by atomic mass is 35.5. The zero-order valence-corrected chi connectivity index (χ0v) is 13.1. The van der Waals surface area contributed by atoms with E-state index >= 15 is 0 Å². The first-order valence-electron chi connectivity index (χ1n) is 6.68. The van der Waals surface area contributed by atoms with Gasteiger partial charge in [-0.2, -0.15) is 5.10 Å². The Morgan fingerprint density at radius 3 is 2.84 bits per heavy atom. The Bertz CT molecular complexity index is 368. The molecule has 0 fully saturated rings.